The molecule has 0 bridgehead atoms. The van der Waals surface area contributed by atoms with E-state index in [0.29, 0.717) is 13.0 Å². The maximum absolute atomic E-state index is 9.02. The lowest BCUT2D eigenvalue weighted by molar-refractivity contribution is -0.489. The third kappa shape index (κ3) is 3.99. The van der Waals surface area contributed by atoms with Gasteiger partial charge in [0.25, 0.3) is 0 Å². The van der Waals surface area contributed by atoms with Crippen molar-refractivity contribution in [2.24, 2.45) is 0 Å². The van der Waals surface area contributed by atoms with Crippen molar-refractivity contribution >= 4 is 0 Å². The molecule has 5 nitrogen and oxygen atoms in total. The van der Waals surface area contributed by atoms with E-state index in [1.54, 1.807) is 0 Å². The lowest BCUT2D eigenvalue weighted by atomic mass is 10.3. The fourth-order valence-electron chi connectivity index (χ4n) is 0.736. The van der Waals surface area contributed by atoms with Gasteiger partial charge in [-0.3, -0.25) is 0 Å². The molecule has 0 aromatic heterocycles. The van der Waals surface area contributed by atoms with Gasteiger partial charge in [-0.1, -0.05) is 6.92 Å². The van der Waals surface area contributed by atoms with Gasteiger partial charge in [-0.15, -0.1) is 0 Å². The molecule has 72 valence electrons. The van der Waals surface area contributed by atoms with Gasteiger partial charge in [0.2, 0.25) is 0 Å². The zero-order valence-electron chi connectivity index (χ0n) is 7.02. The Balaban J connectivity index is 2.01. The predicted molar refractivity (Wildman–Crippen MR) is 38.9 cm³/mol. The minimum atomic E-state index is -2.16. The molecule has 0 aliphatic carbocycles. The fraction of sp³-hybridized carbons (Fsp3) is 1.00. The van der Waals surface area contributed by atoms with E-state index in [4.69, 9.17) is 14.9 Å². The van der Waals surface area contributed by atoms with Gasteiger partial charge >= 0.3 is 5.97 Å². The molecule has 1 atom stereocenters. The molecule has 1 fully saturated rings. The first-order chi connectivity index (χ1) is 5.64. The first-order valence-electron chi connectivity index (χ1n) is 4.01. The van der Waals surface area contributed by atoms with Crippen LogP contribution in [0.25, 0.3) is 0 Å². The topological polar surface area (TPSA) is 71.5 Å². The van der Waals surface area contributed by atoms with Gasteiger partial charge < -0.3 is 14.9 Å². The first kappa shape index (κ1) is 9.88. The van der Waals surface area contributed by atoms with Crippen molar-refractivity contribution in [2.45, 2.75) is 31.8 Å². The molecular formula is C7H14O5. The summed E-state index contributed by atoms with van der Waals surface area (Å²) in [6.45, 7) is 2.71. The van der Waals surface area contributed by atoms with Crippen LogP contribution in [0.3, 0.4) is 0 Å². The number of ether oxygens (including phenoxy) is 1. The second kappa shape index (κ2) is 4.15. The van der Waals surface area contributed by atoms with E-state index in [9.17, 15) is 0 Å². The maximum Gasteiger partial charge on any atom is 0.307 e. The summed E-state index contributed by atoms with van der Waals surface area (Å²) in [5.41, 5.74) is 0. The molecule has 0 aromatic rings. The molecular weight excluding hydrogens is 164 g/mol. The van der Waals surface area contributed by atoms with E-state index in [1.807, 2.05) is 6.92 Å². The van der Waals surface area contributed by atoms with E-state index in [1.165, 1.54) is 0 Å². The Labute approximate surface area is 70.8 Å². The number of hydrogen-bond donors (Lipinski definition) is 2. The molecule has 0 radical (unpaired) electrons. The van der Waals surface area contributed by atoms with Gasteiger partial charge in [0.15, 0.2) is 0 Å². The summed E-state index contributed by atoms with van der Waals surface area (Å²) in [4.78, 5) is 8.90. The molecule has 1 aliphatic heterocycles. The SMILES string of the molecule is CCCC(O)(O)OOCC1CO1. The Morgan fingerprint density at radius 3 is 2.75 bits per heavy atom. The van der Waals surface area contributed by atoms with E-state index in [-0.39, 0.29) is 19.1 Å². The lowest BCUT2D eigenvalue weighted by Crippen LogP contribution is -2.32. The molecule has 1 aliphatic rings. The average molecular weight is 178 g/mol. The Hall–Kier alpha value is -0.200. The van der Waals surface area contributed by atoms with E-state index in [0.717, 1.165) is 0 Å². The van der Waals surface area contributed by atoms with Crippen molar-refractivity contribution in [3.8, 4) is 0 Å². The third-order valence-electron chi connectivity index (χ3n) is 1.42. The molecule has 0 aromatic carbocycles. The highest BCUT2D eigenvalue weighted by molar-refractivity contribution is 4.66. The van der Waals surface area contributed by atoms with Gasteiger partial charge in [-0.05, 0) is 6.42 Å². The van der Waals surface area contributed by atoms with Crippen LogP contribution in [-0.4, -0.2) is 35.5 Å². The van der Waals surface area contributed by atoms with Crippen LogP contribution in [0.5, 0.6) is 0 Å². The summed E-state index contributed by atoms with van der Waals surface area (Å²) in [5, 5.41) is 18.0. The Morgan fingerprint density at radius 2 is 2.25 bits per heavy atom. The summed E-state index contributed by atoms with van der Waals surface area (Å²) < 4.78 is 4.81. The standard InChI is InChI=1S/C7H14O5/c1-2-3-7(8,9)12-11-5-6-4-10-6/h6,8-9H,2-5H2,1H3. The van der Waals surface area contributed by atoms with Crippen LogP contribution in [-0.2, 0) is 14.5 Å². The zero-order valence-corrected chi connectivity index (χ0v) is 7.02. The summed E-state index contributed by atoms with van der Waals surface area (Å²) in [6.07, 6.45) is 0.789. The van der Waals surface area contributed by atoms with Crippen molar-refractivity contribution in [3.05, 3.63) is 0 Å². The first-order valence-corrected chi connectivity index (χ1v) is 4.01. The summed E-state index contributed by atoms with van der Waals surface area (Å²) in [6, 6.07) is 0. The highest BCUT2D eigenvalue weighted by Gasteiger charge is 2.28. The zero-order chi connectivity index (χ0) is 9.03. The highest BCUT2D eigenvalue weighted by atomic mass is 17.2. The quantitative estimate of drug-likeness (QED) is 0.254. The van der Waals surface area contributed by atoms with Gasteiger partial charge in [0, 0.05) is 6.42 Å². The second-order valence-electron chi connectivity index (χ2n) is 2.82. The number of rotatable bonds is 6. The Morgan fingerprint density at radius 1 is 1.58 bits per heavy atom. The van der Waals surface area contributed by atoms with Crippen molar-refractivity contribution in [2.75, 3.05) is 13.2 Å². The largest absolute Gasteiger partial charge is 0.370 e. The van der Waals surface area contributed by atoms with Gasteiger partial charge in [-0.25, -0.2) is 4.89 Å². The Bertz CT molecular complexity index is 132. The summed E-state index contributed by atoms with van der Waals surface area (Å²) >= 11 is 0. The molecule has 0 saturated carbocycles. The summed E-state index contributed by atoms with van der Waals surface area (Å²) in [5.74, 6) is -2.16. The van der Waals surface area contributed by atoms with E-state index in [2.05, 4.69) is 9.78 Å². The van der Waals surface area contributed by atoms with Crippen LogP contribution in [0.2, 0.25) is 0 Å². The van der Waals surface area contributed by atoms with Crippen LogP contribution in [0.4, 0.5) is 0 Å². The molecule has 5 heteroatoms. The molecule has 1 heterocycles. The Kier molecular flexibility index (Phi) is 3.42. The molecule has 0 amide bonds. The minimum absolute atomic E-state index is 0.0578. The fourth-order valence-corrected chi connectivity index (χ4v) is 0.736. The summed E-state index contributed by atoms with van der Waals surface area (Å²) in [7, 11) is 0. The number of hydrogen-bond acceptors (Lipinski definition) is 5. The van der Waals surface area contributed by atoms with Crippen LogP contribution >= 0.6 is 0 Å². The van der Waals surface area contributed by atoms with E-state index < -0.39 is 5.97 Å². The maximum atomic E-state index is 9.02. The van der Waals surface area contributed by atoms with Crippen LogP contribution in [0.15, 0.2) is 0 Å². The number of epoxide rings is 1. The van der Waals surface area contributed by atoms with Crippen molar-refractivity contribution in [1.82, 2.24) is 0 Å². The number of aliphatic hydroxyl groups is 2. The van der Waals surface area contributed by atoms with Crippen molar-refractivity contribution < 1.29 is 24.7 Å². The molecule has 0 spiro atoms. The normalized spacial score (nSPS) is 22.8. The molecule has 1 saturated heterocycles. The minimum Gasteiger partial charge on any atom is -0.370 e. The predicted octanol–water partition coefficient (Wildman–Crippen LogP) is -0.228. The van der Waals surface area contributed by atoms with Crippen LogP contribution in [0, 0.1) is 0 Å². The third-order valence-corrected chi connectivity index (χ3v) is 1.42. The molecule has 1 unspecified atom stereocenters. The van der Waals surface area contributed by atoms with Crippen molar-refractivity contribution in [1.29, 1.82) is 0 Å². The highest BCUT2D eigenvalue weighted by Crippen LogP contribution is 2.13. The monoisotopic (exact) mass is 178 g/mol. The van der Waals surface area contributed by atoms with Crippen molar-refractivity contribution in [3.63, 3.8) is 0 Å². The molecule has 12 heavy (non-hydrogen) atoms. The van der Waals surface area contributed by atoms with Crippen LogP contribution < -0.4 is 0 Å². The van der Waals surface area contributed by atoms with E-state index >= 15 is 0 Å². The molecule has 2 N–H and O–H groups in total. The van der Waals surface area contributed by atoms with Gasteiger partial charge in [0.1, 0.15) is 12.7 Å². The van der Waals surface area contributed by atoms with Gasteiger partial charge in [0.05, 0.1) is 6.61 Å². The smallest absolute Gasteiger partial charge is 0.307 e. The molecule has 1 rings (SSSR count). The van der Waals surface area contributed by atoms with Gasteiger partial charge in [-0.2, -0.15) is 4.89 Å². The van der Waals surface area contributed by atoms with Crippen LogP contribution in [0.1, 0.15) is 19.8 Å². The second-order valence-corrected chi connectivity index (χ2v) is 2.82. The lowest BCUT2D eigenvalue weighted by Gasteiger charge is -2.18. The average Bonchev–Trinajstić information content (AvgIpc) is 2.70.